The van der Waals surface area contributed by atoms with Crippen LogP contribution in [0.2, 0.25) is 5.22 Å². The quantitative estimate of drug-likeness (QED) is 0.796. The predicted octanol–water partition coefficient (Wildman–Crippen LogP) is 2.76. The van der Waals surface area contributed by atoms with E-state index >= 15 is 0 Å². The lowest BCUT2D eigenvalue weighted by molar-refractivity contribution is 0.405. The Labute approximate surface area is 83.1 Å². The largest absolute Gasteiger partial charge is 0.448 e. The molecule has 0 amide bonds. The van der Waals surface area contributed by atoms with Gasteiger partial charge in [0.2, 0.25) is 0 Å². The molecule has 2 rings (SSSR count). The number of hydrogen-bond acceptors (Lipinski definition) is 2. The highest BCUT2D eigenvalue weighted by molar-refractivity contribution is 6.28. The van der Waals surface area contributed by atoms with Crippen molar-refractivity contribution < 1.29 is 4.42 Å². The van der Waals surface area contributed by atoms with Crippen molar-refractivity contribution in [1.82, 2.24) is 0 Å². The minimum atomic E-state index is -0.249. The monoisotopic (exact) mass is 199 g/mol. The van der Waals surface area contributed by atoms with Crippen molar-refractivity contribution in [2.75, 3.05) is 0 Å². The van der Waals surface area contributed by atoms with E-state index in [9.17, 15) is 0 Å². The summed E-state index contributed by atoms with van der Waals surface area (Å²) in [5, 5.41) is 0.425. The van der Waals surface area contributed by atoms with E-state index in [-0.39, 0.29) is 5.54 Å². The molecule has 1 aromatic heterocycles. The van der Waals surface area contributed by atoms with Crippen molar-refractivity contribution in [1.29, 1.82) is 0 Å². The van der Waals surface area contributed by atoms with Gasteiger partial charge in [-0.25, -0.2) is 0 Å². The molecule has 0 bridgehead atoms. The third kappa shape index (κ3) is 1.38. The number of halogens is 1. The highest BCUT2D eigenvalue weighted by Crippen LogP contribution is 2.54. The zero-order chi connectivity index (χ0) is 9.64. The molecule has 2 N–H and O–H groups in total. The fourth-order valence-electron chi connectivity index (χ4n) is 1.98. The molecule has 72 valence electrons. The fourth-order valence-corrected chi connectivity index (χ4v) is 2.13. The zero-order valence-electron chi connectivity index (χ0n) is 7.88. The molecule has 2 nitrogen and oxygen atoms in total. The van der Waals surface area contributed by atoms with Crippen molar-refractivity contribution in [2.45, 2.75) is 25.8 Å². The summed E-state index contributed by atoms with van der Waals surface area (Å²) in [5.41, 5.74) is 5.93. The van der Waals surface area contributed by atoms with Gasteiger partial charge in [0, 0.05) is 0 Å². The van der Waals surface area contributed by atoms with Crippen LogP contribution in [0.15, 0.2) is 16.5 Å². The Morgan fingerprint density at radius 1 is 1.62 bits per heavy atom. The zero-order valence-corrected chi connectivity index (χ0v) is 8.64. The van der Waals surface area contributed by atoms with E-state index in [1.54, 1.807) is 6.07 Å². The van der Waals surface area contributed by atoms with E-state index in [0.717, 1.165) is 12.2 Å². The summed E-state index contributed by atoms with van der Waals surface area (Å²) < 4.78 is 5.33. The molecule has 0 aliphatic heterocycles. The number of nitrogens with two attached hydrogens (primary N) is 1. The molecule has 2 atom stereocenters. The SMILES string of the molecule is CC(C)C1CC1(N)c1ccc(Cl)o1. The van der Waals surface area contributed by atoms with Crippen LogP contribution in [-0.2, 0) is 5.54 Å². The fraction of sp³-hybridized carbons (Fsp3) is 0.600. The average Bonchev–Trinajstić information content (AvgIpc) is 2.54. The Kier molecular flexibility index (Phi) is 1.93. The lowest BCUT2D eigenvalue weighted by atomic mass is 10.0. The third-order valence-corrected chi connectivity index (χ3v) is 3.10. The van der Waals surface area contributed by atoms with E-state index in [2.05, 4.69) is 13.8 Å². The molecular weight excluding hydrogens is 186 g/mol. The number of hydrogen-bond donors (Lipinski definition) is 1. The van der Waals surface area contributed by atoms with Crippen molar-refractivity contribution in [2.24, 2.45) is 17.6 Å². The first kappa shape index (κ1) is 9.10. The smallest absolute Gasteiger partial charge is 0.193 e. The van der Waals surface area contributed by atoms with Crippen LogP contribution >= 0.6 is 11.6 Å². The van der Waals surface area contributed by atoms with Gasteiger partial charge in [-0.05, 0) is 42.0 Å². The van der Waals surface area contributed by atoms with Crippen LogP contribution in [0.5, 0.6) is 0 Å². The van der Waals surface area contributed by atoms with Gasteiger partial charge in [0.1, 0.15) is 5.76 Å². The maximum atomic E-state index is 6.17. The second-order valence-electron chi connectivity index (χ2n) is 4.20. The van der Waals surface area contributed by atoms with Gasteiger partial charge in [0.05, 0.1) is 5.54 Å². The lowest BCUT2D eigenvalue weighted by Gasteiger charge is -2.09. The molecule has 13 heavy (non-hydrogen) atoms. The van der Waals surface area contributed by atoms with Crippen LogP contribution < -0.4 is 5.73 Å². The molecular formula is C10H14ClNO. The highest BCUT2D eigenvalue weighted by atomic mass is 35.5. The van der Waals surface area contributed by atoms with Gasteiger partial charge in [-0.3, -0.25) is 0 Å². The van der Waals surface area contributed by atoms with Crippen LogP contribution in [0.1, 0.15) is 26.0 Å². The number of furan rings is 1. The summed E-state index contributed by atoms with van der Waals surface area (Å²) in [6.45, 7) is 4.37. The maximum Gasteiger partial charge on any atom is 0.193 e. The second kappa shape index (κ2) is 2.76. The van der Waals surface area contributed by atoms with Gasteiger partial charge in [-0.2, -0.15) is 0 Å². The third-order valence-electron chi connectivity index (χ3n) is 2.90. The van der Waals surface area contributed by atoms with Crippen LogP contribution in [0.4, 0.5) is 0 Å². The van der Waals surface area contributed by atoms with E-state index in [0.29, 0.717) is 17.1 Å². The second-order valence-corrected chi connectivity index (χ2v) is 4.57. The molecule has 1 saturated carbocycles. The molecule has 1 aromatic rings. The van der Waals surface area contributed by atoms with Gasteiger partial charge in [0.15, 0.2) is 5.22 Å². The van der Waals surface area contributed by atoms with Crippen molar-refractivity contribution in [3.63, 3.8) is 0 Å². The van der Waals surface area contributed by atoms with Crippen molar-refractivity contribution in [3.05, 3.63) is 23.1 Å². The molecule has 1 aliphatic carbocycles. The average molecular weight is 200 g/mol. The predicted molar refractivity (Wildman–Crippen MR) is 52.5 cm³/mol. The van der Waals surface area contributed by atoms with E-state index < -0.39 is 0 Å². The first-order valence-electron chi connectivity index (χ1n) is 4.59. The normalized spacial score (nSPS) is 32.5. The van der Waals surface area contributed by atoms with Crippen LogP contribution in [0.25, 0.3) is 0 Å². The molecule has 0 aromatic carbocycles. The molecule has 1 fully saturated rings. The van der Waals surface area contributed by atoms with Gasteiger partial charge in [-0.15, -0.1) is 0 Å². The summed E-state index contributed by atoms with van der Waals surface area (Å²) in [4.78, 5) is 0. The molecule has 1 heterocycles. The van der Waals surface area contributed by atoms with Gasteiger partial charge < -0.3 is 10.2 Å². The molecule has 0 saturated heterocycles. The summed E-state index contributed by atoms with van der Waals surface area (Å²) in [6, 6.07) is 3.63. The Morgan fingerprint density at radius 3 is 2.69 bits per heavy atom. The van der Waals surface area contributed by atoms with Crippen molar-refractivity contribution >= 4 is 11.6 Å². The van der Waals surface area contributed by atoms with Crippen LogP contribution in [-0.4, -0.2) is 0 Å². The van der Waals surface area contributed by atoms with E-state index in [1.807, 2.05) is 6.07 Å². The number of rotatable bonds is 2. The van der Waals surface area contributed by atoms with Gasteiger partial charge >= 0.3 is 0 Å². The Balaban J connectivity index is 2.20. The standard InChI is InChI=1S/C10H14ClNO/c1-6(2)7-5-10(7,12)8-3-4-9(11)13-8/h3-4,6-7H,5,12H2,1-2H3. The topological polar surface area (TPSA) is 39.2 Å². The van der Waals surface area contributed by atoms with Gasteiger partial charge in [-0.1, -0.05) is 13.8 Å². The van der Waals surface area contributed by atoms with Crippen LogP contribution in [0.3, 0.4) is 0 Å². The summed E-state index contributed by atoms with van der Waals surface area (Å²) >= 11 is 5.70. The maximum absolute atomic E-state index is 6.17. The van der Waals surface area contributed by atoms with Crippen LogP contribution in [0, 0.1) is 11.8 Å². The van der Waals surface area contributed by atoms with Crippen molar-refractivity contribution in [3.8, 4) is 0 Å². The Bertz CT molecular complexity index is 320. The summed E-state index contributed by atoms with van der Waals surface area (Å²) in [5.74, 6) is 1.97. The highest BCUT2D eigenvalue weighted by Gasteiger charge is 2.55. The molecule has 0 radical (unpaired) electrons. The molecule has 0 spiro atoms. The molecule has 2 unspecified atom stereocenters. The van der Waals surface area contributed by atoms with Gasteiger partial charge in [0.25, 0.3) is 0 Å². The molecule has 1 aliphatic rings. The Morgan fingerprint density at radius 2 is 2.31 bits per heavy atom. The first-order valence-corrected chi connectivity index (χ1v) is 4.96. The minimum Gasteiger partial charge on any atom is -0.448 e. The lowest BCUT2D eigenvalue weighted by Crippen LogP contribution is -2.23. The summed E-state index contributed by atoms with van der Waals surface area (Å²) in [7, 11) is 0. The summed E-state index contributed by atoms with van der Waals surface area (Å²) in [6.07, 6.45) is 1.01. The minimum absolute atomic E-state index is 0.249. The Hall–Kier alpha value is -0.470. The van der Waals surface area contributed by atoms with E-state index in [4.69, 9.17) is 21.8 Å². The first-order chi connectivity index (χ1) is 6.04. The molecule has 3 heteroatoms. The van der Waals surface area contributed by atoms with E-state index in [1.165, 1.54) is 0 Å².